The highest BCUT2D eigenvalue weighted by Gasteiger charge is 2.12. The van der Waals surface area contributed by atoms with Crippen molar-refractivity contribution in [2.24, 2.45) is 0 Å². The second kappa shape index (κ2) is 8.64. The summed E-state index contributed by atoms with van der Waals surface area (Å²) in [5.74, 6) is -2.99. The fourth-order valence-corrected chi connectivity index (χ4v) is 1.25. The van der Waals surface area contributed by atoms with Crippen LogP contribution in [0.1, 0.15) is 17.3 Å². The Bertz CT molecular complexity index is 521. The van der Waals surface area contributed by atoms with Crippen LogP contribution in [0.25, 0.3) is 0 Å². The topological polar surface area (TPSA) is 93.7 Å². The minimum atomic E-state index is -0.818. The first kappa shape index (κ1) is 16.6. The number of halogens is 1. The Balaban J connectivity index is 2.32. The number of hydrogen-bond acceptors (Lipinski definition) is 5. The highest BCUT2D eigenvalue weighted by Crippen LogP contribution is 2.05. The lowest BCUT2D eigenvalue weighted by Crippen LogP contribution is -2.44. The molecule has 2 amide bonds. The summed E-state index contributed by atoms with van der Waals surface area (Å²) in [6.45, 7) is 1.22. The first-order valence-corrected chi connectivity index (χ1v) is 6.11. The lowest BCUT2D eigenvalue weighted by molar-refractivity contribution is -0.152. The van der Waals surface area contributed by atoms with Crippen LogP contribution in [0.4, 0.5) is 4.39 Å². The Morgan fingerprint density at radius 1 is 1.14 bits per heavy atom. The van der Waals surface area contributed by atoms with Crippen LogP contribution in [0, 0.1) is 5.82 Å². The molecule has 1 aromatic carbocycles. The lowest BCUT2D eigenvalue weighted by Gasteiger charge is -2.08. The molecule has 0 aliphatic carbocycles. The van der Waals surface area contributed by atoms with E-state index < -0.39 is 30.2 Å². The molecule has 1 rings (SSSR count). The molecule has 0 heterocycles. The molecule has 0 atom stereocenters. The van der Waals surface area contributed by atoms with E-state index in [0.29, 0.717) is 6.61 Å². The van der Waals surface area contributed by atoms with Gasteiger partial charge in [-0.05, 0) is 19.1 Å². The number of hydrazine groups is 1. The largest absolute Gasteiger partial charge is 0.454 e. The Kier molecular flexibility index (Phi) is 6.82. The summed E-state index contributed by atoms with van der Waals surface area (Å²) in [5, 5.41) is 0. The van der Waals surface area contributed by atoms with Gasteiger partial charge in [-0.2, -0.15) is 0 Å². The molecule has 0 aromatic heterocycles. The van der Waals surface area contributed by atoms with Crippen LogP contribution in [-0.4, -0.2) is 37.6 Å². The van der Waals surface area contributed by atoms with Crippen LogP contribution in [0.2, 0.25) is 0 Å². The average molecular weight is 298 g/mol. The quantitative estimate of drug-likeness (QED) is 0.576. The van der Waals surface area contributed by atoms with Crippen molar-refractivity contribution >= 4 is 17.8 Å². The summed E-state index contributed by atoms with van der Waals surface area (Å²) >= 11 is 0. The lowest BCUT2D eigenvalue weighted by atomic mass is 10.2. The van der Waals surface area contributed by atoms with Crippen molar-refractivity contribution < 1.29 is 28.2 Å². The third-order valence-corrected chi connectivity index (χ3v) is 2.22. The molecule has 0 bridgehead atoms. The van der Waals surface area contributed by atoms with E-state index in [1.54, 1.807) is 6.92 Å². The number of rotatable bonds is 6. The Morgan fingerprint density at radius 2 is 1.86 bits per heavy atom. The van der Waals surface area contributed by atoms with E-state index in [1.165, 1.54) is 18.2 Å². The van der Waals surface area contributed by atoms with Gasteiger partial charge in [0, 0.05) is 6.61 Å². The van der Waals surface area contributed by atoms with E-state index in [9.17, 15) is 18.8 Å². The van der Waals surface area contributed by atoms with E-state index in [1.807, 2.05) is 10.9 Å². The fourth-order valence-electron chi connectivity index (χ4n) is 1.25. The van der Waals surface area contributed by atoms with Gasteiger partial charge < -0.3 is 9.47 Å². The van der Waals surface area contributed by atoms with Gasteiger partial charge in [0.1, 0.15) is 12.4 Å². The van der Waals surface area contributed by atoms with Crippen molar-refractivity contribution in [3.05, 3.63) is 35.6 Å². The van der Waals surface area contributed by atoms with Crippen molar-refractivity contribution in [2.75, 3.05) is 19.8 Å². The van der Waals surface area contributed by atoms with Gasteiger partial charge in [-0.15, -0.1) is 0 Å². The van der Waals surface area contributed by atoms with Gasteiger partial charge in [0.15, 0.2) is 6.61 Å². The standard InChI is InChI=1S/C13H15FN2O5/c1-2-20-8-12(18)21-7-11(17)15-16-13(19)9-5-3-4-6-10(9)14/h3-6H,2,7-8H2,1H3,(H,15,17)(H,16,19). The number of ether oxygens (including phenoxy) is 2. The predicted molar refractivity (Wildman–Crippen MR) is 69.5 cm³/mol. The number of carbonyl (C=O) groups is 3. The summed E-state index contributed by atoms with van der Waals surface area (Å²) in [4.78, 5) is 33.9. The van der Waals surface area contributed by atoms with Crippen LogP contribution in [0.5, 0.6) is 0 Å². The first-order chi connectivity index (χ1) is 10.0. The van der Waals surface area contributed by atoms with Crippen molar-refractivity contribution in [2.45, 2.75) is 6.92 Å². The zero-order valence-electron chi connectivity index (χ0n) is 11.3. The molecule has 7 nitrogen and oxygen atoms in total. The molecule has 0 saturated heterocycles. The molecule has 0 unspecified atom stereocenters. The molecule has 0 fully saturated rings. The highest BCUT2D eigenvalue weighted by molar-refractivity contribution is 5.95. The SMILES string of the molecule is CCOCC(=O)OCC(=O)NNC(=O)c1ccccc1F. The van der Waals surface area contributed by atoms with Crippen molar-refractivity contribution in [3.8, 4) is 0 Å². The van der Waals surface area contributed by atoms with Gasteiger partial charge in [0.25, 0.3) is 11.8 Å². The fraction of sp³-hybridized carbons (Fsp3) is 0.308. The van der Waals surface area contributed by atoms with E-state index in [2.05, 4.69) is 4.74 Å². The molecule has 0 aliphatic heterocycles. The molecule has 1 aromatic rings. The average Bonchev–Trinajstić information content (AvgIpc) is 2.48. The smallest absolute Gasteiger partial charge is 0.332 e. The molecule has 0 radical (unpaired) electrons. The monoisotopic (exact) mass is 298 g/mol. The van der Waals surface area contributed by atoms with Gasteiger partial charge in [0.2, 0.25) is 0 Å². The van der Waals surface area contributed by atoms with Crippen LogP contribution in [0.15, 0.2) is 24.3 Å². The zero-order valence-corrected chi connectivity index (χ0v) is 11.3. The van der Waals surface area contributed by atoms with Gasteiger partial charge >= 0.3 is 5.97 Å². The third-order valence-electron chi connectivity index (χ3n) is 2.22. The second-order valence-electron chi connectivity index (χ2n) is 3.78. The number of amides is 2. The minimum absolute atomic E-state index is 0.217. The molecular weight excluding hydrogens is 283 g/mol. The molecule has 2 N–H and O–H groups in total. The molecule has 0 saturated carbocycles. The van der Waals surface area contributed by atoms with Crippen LogP contribution < -0.4 is 10.9 Å². The summed E-state index contributed by atoms with van der Waals surface area (Å²) in [6.07, 6.45) is 0. The number of hydrogen-bond donors (Lipinski definition) is 2. The van der Waals surface area contributed by atoms with Gasteiger partial charge in [-0.25, -0.2) is 9.18 Å². The van der Waals surface area contributed by atoms with Crippen molar-refractivity contribution in [1.29, 1.82) is 0 Å². The van der Waals surface area contributed by atoms with E-state index >= 15 is 0 Å². The Morgan fingerprint density at radius 3 is 2.52 bits per heavy atom. The molecule has 114 valence electrons. The van der Waals surface area contributed by atoms with E-state index in [-0.39, 0.29) is 12.2 Å². The molecule has 21 heavy (non-hydrogen) atoms. The third kappa shape index (κ3) is 6.00. The number of esters is 1. The normalized spacial score (nSPS) is 9.81. The van der Waals surface area contributed by atoms with Gasteiger partial charge in [0.05, 0.1) is 5.56 Å². The Hall–Kier alpha value is -2.48. The number of benzene rings is 1. The highest BCUT2D eigenvalue weighted by atomic mass is 19.1. The maximum absolute atomic E-state index is 13.3. The number of carbonyl (C=O) groups excluding carboxylic acids is 3. The zero-order chi connectivity index (χ0) is 15.7. The summed E-state index contributed by atoms with van der Waals surface area (Å²) in [7, 11) is 0. The maximum Gasteiger partial charge on any atom is 0.332 e. The molecular formula is C13H15FN2O5. The second-order valence-corrected chi connectivity index (χ2v) is 3.78. The van der Waals surface area contributed by atoms with Crippen LogP contribution in [0.3, 0.4) is 0 Å². The maximum atomic E-state index is 13.3. The van der Waals surface area contributed by atoms with Crippen molar-refractivity contribution in [1.82, 2.24) is 10.9 Å². The summed E-state index contributed by atoms with van der Waals surface area (Å²) < 4.78 is 22.6. The number of nitrogens with one attached hydrogen (secondary N) is 2. The van der Waals surface area contributed by atoms with Crippen molar-refractivity contribution in [3.63, 3.8) is 0 Å². The van der Waals surface area contributed by atoms with Gasteiger partial charge in [-0.3, -0.25) is 20.4 Å². The van der Waals surface area contributed by atoms with Crippen LogP contribution >= 0.6 is 0 Å². The van der Waals surface area contributed by atoms with E-state index in [0.717, 1.165) is 6.07 Å². The van der Waals surface area contributed by atoms with Gasteiger partial charge in [-0.1, -0.05) is 12.1 Å². The minimum Gasteiger partial charge on any atom is -0.454 e. The molecule has 0 aliphatic rings. The van der Waals surface area contributed by atoms with Crippen LogP contribution in [-0.2, 0) is 19.1 Å². The Labute approximate surface area is 120 Å². The molecule has 0 spiro atoms. The molecule has 8 heteroatoms. The summed E-state index contributed by atoms with van der Waals surface area (Å²) in [6, 6.07) is 5.29. The predicted octanol–water partition coefficient (Wildman–Crippen LogP) is 0.166. The summed E-state index contributed by atoms with van der Waals surface area (Å²) in [5.41, 5.74) is 3.79. The van der Waals surface area contributed by atoms with E-state index in [4.69, 9.17) is 4.74 Å². The first-order valence-electron chi connectivity index (χ1n) is 6.11.